The Hall–Kier alpha value is -1.24. The third-order valence-corrected chi connectivity index (χ3v) is 3.24. The SMILES string of the molecule is C/C=C\C(C)Cc1ccc(OCCC)c(C(C)C)c1. The lowest BCUT2D eigenvalue weighted by Gasteiger charge is -2.16. The molecule has 1 aromatic rings. The van der Waals surface area contributed by atoms with Gasteiger partial charge in [-0.3, -0.25) is 0 Å². The van der Waals surface area contributed by atoms with E-state index < -0.39 is 0 Å². The van der Waals surface area contributed by atoms with Crippen LogP contribution >= 0.6 is 0 Å². The standard InChI is InChI=1S/C18H28O/c1-6-8-15(5)12-16-9-10-18(19-11-7-2)17(13-16)14(3)4/h6,8-10,13-15H,7,11-12H2,1-5H3/b8-6-. The average molecular weight is 260 g/mol. The Morgan fingerprint density at radius 1 is 1.21 bits per heavy atom. The number of hydrogen-bond donors (Lipinski definition) is 0. The van der Waals surface area contributed by atoms with Gasteiger partial charge in [0.25, 0.3) is 0 Å². The predicted molar refractivity (Wildman–Crippen MR) is 84.0 cm³/mol. The van der Waals surface area contributed by atoms with E-state index in [1.165, 1.54) is 11.1 Å². The summed E-state index contributed by atoms with van der Waals surface area (Å²) in [5, 5.41) is 0. The molecule has 0 aliphatic carbocycles. The minimum atomic E-state index is 0.504. The summed E-state index contributed by atoms with van der Waals surface area (Å²) >= 11 is 0. The molecule has 0 saturated carbocycles. The summed E-state index contributed by atoms with van der Waals surface area (Å²) in [5.74, 6) is 2.15. The first-order valence-electron chi connectivity index (χ1n) is 7.46. The molecule has 0 bridgehead atoms. The third kappa shape index (κ3) is 5.10. The van der Waals surface area contributed by atoms with E-state index >= 15 is 0 Å². The van der Waals surface area contributed by atoms with Crippen molar-refractivity contribution in [1.82, 2.24) is 0 Å². The molecule has 1 heteroatoms. The van der Waals surface area contributed by atoms with E-state index in [1.807, 2.05) is 0 Å². The minimum absolute atomic E-state index is 0.504. The quantitative estimate of drug-likeness (QED) is 0.600. The van der Waals surface area contributed by atoms with Gasteiger partial charge in [-0.25, -0.2) is 0 Å². The van der Waals surface area contributed by atoms with Crippen LogP contribution in [0.1, 0.15) is 58.1 Å². The van der Waals surface area contributed by atoms with Crippen molar-refractivity contribution >= 4 is 0 Å². The third-order valence-electron chi connectivity index (χ3n) is 3.24. The van der Waals surface area contributed by atoms with Gasteiger partial charge in [0, 0.05) is 0 Å². The molecule has 0 heterocycles. The van der Waals surface area contributed by atoms with Gasteiger partial charge < -0.3 is 4.74 Å². The van der Waals surface area contributed by atoms with Crippen LogP contribution in [0.25, 0.3) is 0 Å². The Morgan fingerprint density at radius 3 is 2.53 bits per heavy atom. The number of allylic oxidation sites excluding steroid dienone is 2. The number of ether oxygens (including phenoxy) is 1. The van der Waals surface area contributed by atoms with Gasteiger partial charge >= 0.3 is 0 Å². The molecule has 1 nitrogen and oxygen atoms in total. The molecule has 0 N–H and O–H groups in total. The average Bonchev–Trinajstić information content (AvgIpc) is 2.37. The molecule has 0 saturated heterocycles. The van der Waals surface area contributed by atoms with Crippen molar-refractivity contribution in [1.29, 1.82) is 0 Å². The number of hydrogen-bond acceptors (Lipinski definition) is 1. The molecule has 0 aliphatic rings. The lowest BCUT2D eigenvalue weighted by molar-refractivity contribution is 0.313. The van der Waals surface area contributed by atoms with E-state index in [0.717, 1.165) is 25.2 Å². The van der Waals surface area contributed by atoms with Crippen LogP contribution in [0.5, 0.6) is 5.75 Å². The first kappa shape index (κ1) is 15.8. The second-order valence-electron chi connectivity index (χ2n) is 5.58. The molecule has 0 spiro atoms. The zero-order valence-corrected chi connectivity index (χ0v) is 13.1. The van der Waals surface area contributed by atoms with Crippen molar-refractivity contribution in [2.24, 2.45) is 5.92 Å². The van der Waals surface area contributed by atoms with Crippen molar-refractivity contribution in [3.8, 4) is 5.75 Å². The molecule has 0 aromatic heterocycles. The summed E-state index contributed by atoms with van der Waals surface area (Å²) in [6.07, 6.45) is 6.54. The summed E-state index contributed by atoms with van der Waals surface area (Å²) in [5.41, 5.74) is 2.73. The van der Waals surface area contributed by atoms with Crippen LogP contribution in [-0.2, 0) is 6.42 Å². The van der Waals surface area contributed by atoms with Crippen LogP contribution in [0, 0.1) is 5.92 Å². The Morgan fingerprint density at radius 2 is 1.95 bits per heavy atom. The molecular weight excluding hydrogens is 232 g/mol. The Kier molecular flexibility index (Phi) is 6.69. The van der Waals surface area contributed by atoms with Crippen LogP contribution in [0.3, 0.4) is 0 Å². The minimum Gasteiger partial charge on any atom is -0.493 e. The normalized spacial score (nSPS) is 13.2. The molecule has 106 valence electrons. The van der Waals surface area contributed by atoms with Gasteiger partial charge in [-0.05, 0) is 48.8 Å². The van der Waals surface area contributed by atoms with Gasteiger partial charge in [0.05, 0.1) is 6.61 Å². The van der Waals surface area contributed by atoms with Crippen LogP contribution < -0.4 is 4.74 Å². The van der Waals surface area contributed by atoms with Crippen molar-refractivity contribution < 1.29 is 4.74 Å². The van der Waals surface area contributed by atoms with E-state index in [1.54, 1.807) is 0 Å². The fraction of sp³-hybridized carbons (Fsp3) is 0.556. The zero-order chi connectivity index (χ0) is 14.3. The van der Waals surface area contributed by atoms with Gasteiger partial charge in [-0.15, -0.1) is 0 Å². The molecule has 0 radical (unpaired) electrons. The fourth-order valence-electron chi connectivity index (χ4n) is 2.29. The summed E-state index contributed by atoms with van der Waals surface area (Å²) in [6.45, 7) is 11.7. The summed E-state index contributed by atoms with van der Waals surface area (Å²) in [6, 6.07) is 6.66. The number of benzene rings is 1. The van der Waals surface area contributed by atoms with E-state index in [4.69, 9.17) is 4.74 Å². The van der Waals surface area contributed by atoms with Gasteiger partial charge in [0.1, 0.15) is 5.75 Å². The lowest BCUT2D eigenvalue weighted by Crippen LogP contribution is -2.03. The van der Waals surface area contributed by atoms with Gasteiger partial charge in [-0.2, -0.15) is 0 Å². The van der Waals surface area contributed by atoms with Crippen LogP contribution in [0.2, 0.25) is 0 Å². The first-order valence-corrected chi connectivity index (χ1v) is 7.46. The lowest BCUT2D eigenvalue weighted by atomic mass is 9.95. The number of rotatable bonds is 7. The highest BCUT2D eigenvalue weighted by molar-refractivity contribution is 5.39. The molecule has 19 heavy (non-hydrogen) atoms. The smallest absolute Gasteiger partial charge is 0.122 e. The van der Waals surface area contributed by atoms with Gasteiger partial charge in [-0.1, -0.05) is 52.0 Å². The predicted octanol–water partition coefficient (Wildman–Crippen LogP) is 5.35. The highest BCUT2D eigenvalue weighted by atomic mass is 16.5. The Labute approximate surface area is 118 Å². The summed E-state index contributed by atoms with van der Waals surface area (Å²) in [4.78, 5) is 0. The van der Waals surface area contributed by atoms with Crippen molar-refractivity contribution in [2.45, 2.75) is 53.4 Å². The second-order valence-corrected chi connectivity index (χ2v) is 5.58. The fourth-order valence-corrected chi connectivity index (χ4v) is 2.29. The van der Waals surface area contributed by atoms with Gasteiger partial charge in [0.2, 0.25) is 0 Å². The maximum atomic E-state index is 5.84. The molecule has 0 amide bonds. The molecular formula is C18H28O. The highest BCUT2D eigenvalue weighted by Gasteiger charge is 2.10. The Bertz CT molecular complexity index is 404. The van der Waals surface area contributed by atoms with Crippen LogP contribution in [0.4, 0.5) is 0 Å². The molecule has 1 unspecified atom stereocenters. The van der Waals surface area contributed by atoms with Crippen molar-refractivity contribution in [3.63, 3.8) is 0 Å². The maximum absolute atomic E-state index is 5.84. The van der Waals surface area contributed by atoms with Crippen LogP contribution in [0.15, 0.2) is 30.4 Å². The summed E-state index contributed by atoms with van der Waals surface area (Å²) < 4.78 is 5.84. The molecule has 1 aromatic carbocycles. The first-order chi connectivity index (χ1) is 9.08. The van der Waals surface area contributed by atoms with Crippen molar-refractivity contribution in [2.75, 3.05) is 6.61 Å². The van der Waals surface area contributed by atoms with E-state index in [-0.39, 0.29) is 0 Å². The largest absolute Gasteiger partial charge is 0.493 e. The van der Waals surface area contributed by atoms with Crippen molar-refractivity contribution in [3.05, 3.63) is 41.5 Å². The van der Waals surface area contributed by atoms with Crippen LogP contribution in [-0.4, -0.2) is 6.61 Å². The second kappa shape index (κ2) is 8.04. The zero-order valence-electron chi connectivity index (χ0n) is 13.1. The molecule has 0 aliphatic heterocycles. The van der Waals surface area contributed by atoms with E-state index in [9.17, 15) is 0 Å². The van der Waals surface area contributed by atoms with E-state index in [2.05, 4.69) is 65.0 Å². The molecule has 1 atom stereocenters. The summed E-state index contributed by atoms with van der Waals surface area (Å²) in [7, 11) is 0. The topological polar surface area (TPSA) is 9.23 Å². The molecule has 1 rings (SSSR count). The van der Waals surface area contributed by atoms with E-state index in [0.29, 0.717) is 11.8 Å². The Balaban J connectivity index is 2.89. The highest BCUT2D eigenvalue weighted by Crippen LogP contribution is 2.28. The maximum Gasteiger partial charge on any atom is 0.122 e. The molecule has 0 fully saturated rings. The monoisotopic (exact) mass is 260 g/mol. The van der Waals surface area contributed by atoms with Gasteiger partial charge in [0.15, 0.2) is 0 Å².